The van der Waals surface area contributed by atoms with Gasteiger partial charge in [0.05, 0.1) is 12.7 Å². The highest BCUT2D eigenvalue weighted by atomic mass is 16.5. The maximum absolute atomic E-state index is 12.4. The molecule has 0 spiro atoms. The lowest BCUT2D eigenvalue weighted by Gasteiger charge is -2.10. The predicted molar refractivity (Wildman–Crippen MR) is 107 cm³/mol. The van der Waals surface area contributed by atoms with Gasteiger partial charge in [0.25, 0.3) is 5.91 Å². The molecule has 28 heavy (non-hydrogen) atoms. The predicted octanol–water partition coefficient (Wildman–Crippen LogP) is 3.44. The first-order valence-electron chi connectivity index (χ1n) is 8.48. The summed E-state index contributed by atoms with van der Waals surface area (Å²) in [5.41, 5.74) is 1.82. The number of aromatic nitrogens is 2. The number of rotatable bonds is 6. The molecular formula is C20H19N5O3. The summed E-state index contributed by atoms with van der Waals surface area (Å²) in [5.74, 6) is 0.802. The number of carbonyl (C=O) groups is 2. The van der Waals surface area contributed by atoms with Crippen LogP contribution in [0.5, 0.6) is 5.75 Å². The molecule has 1 aromatic heterocycles. The second-order valence-corrected chi connectivity index (χ2v) is 5.85. The fraction of sp³-hybridized carbons (Fsp3) is 0.100. The first-order valence-corrected chi connectivity index (χ1v) is 8.48. The zero-order chi connectivity index (χ0) is 19.9. The van der Waals surface area contributed by atoms with Gasteiger partial charge in [0.15, 0.2) is 11.6 Å². The average molecular weight is 377 g/mol. The fourth-order valence-corrected chi connectivity index (χ4v) is 2.51. The van der Waals surface area contributed by atoms with E-state index in [4.69, 9.17) is 4.74 Å². The molecule has 0 fully saturated rings. The van der Waals surface area contributed by atoms with E-state index in [0.29, 0.717) is 28.6 Å². The van der Waals surface area contributed by atoms with Crippen molar-refractivity contribution < 1.29 is 14.3 Å². The number of nitrogens with one attached hydrogen (secondary N) is 3. The van der Waals surface area contributed by atoms with E-state index in [-0.39, 0.29) is 11.8 Å². The minimum absolute atomic E-state index is 0.146. The Morgan fingerprint density at radius 3 is 2.29 bits per heavy atom. The molecular weight excluding hydrogens is 358 g/mol. The van der Waals surface area contributed by atoms with Gasteiger partial charge in [-0.3, -0.25) is 9.59 Å². The first-order chi connectivity index (χ1) is 13.5. The van der Waals surface area contributed by atoms with Crippen LogP contribution in [0, 0.1) is 0 Å². The molecule has 3 N–H and O–H groups in total. The van der Waals surface area contributed by atoms with Crippen LogP contribution >= 0.6 is 0 Å². The number of nitrogens with zero attached hydrogens (tertiary/aromatic N) is 2. The van der Waals surface area contributed by atoms with Gasteiger partial charge in [0.2, 0.25) is 5.91 Å². The summed E-state index contributed by atoms with van der Waals surface area (Å²) in [6, 6.07) is 17.5. The van der Waals surface area contributed by atoms with Crippen LogP contribution in [-0.4, -0.2) is 29.1 Å². The van der Waals surface area contributed by atoms with Crippen molar-refractivity contribution in [1.29, 1.82) is 0 Å². The molecule has 8 heteroatoms. The number of hydrogen-bond donors (Lipinski definition) is 3. The molecule has 0 radical (unpaired) electrons. The molecule has 0 atom stereocenters. The molecule has 2 amide bonds. The van der Waals surface area contributed by atoms with Crippen molar-refractivity contribution in [3.63, 3.8) is 0 Å². The molecule has 142 valence electrons. The fourth-order valence-electron chi connectivity index (χ4n) is 2.51. The van der Waals surface area contributed by atoms with Crippen LogP contribution < -0.4 is 20.7 Å². The molecule has 3 aromatic rings. The highest BCUT2D eigenvalue weighted by Gasteiger charge is 2.12. The van der Waals surface area contributed by atoms with Crippen molar-refractivity contribution >= 4 is 34.8 Å². The van der Waals surface area contributed by atoms with Gasteiger partial charge in [-0.25, -0.2) is 0 Å². The van der Waals surface area contributed by atoms with Gasteiger partial charge < -0.3 is 20.7 Å². The van der Waals surface area contributed by atoms with E-state index in [1.807, 2.05) is 12.1 Å². The van der Waals surface area contributed by atoms with E-state index < -0.39 is 0 Å². The number of carbonyl (C=O) groups excluding carboxylic acids is 2. The highest BCUT2D eigenvalue weighted by Crippen LogP contribution is 2.20. The Bertz CT molecular complexity index is 989. The van der Waals surface area contributed by atoms with Crippen LogP contribution in [0.1, 0.15) is 17.3 Å². The van der Waals surface area contributed by atoms with Gasteiger partial charge in [0, 0.05) is 18.3 Å². The highest BCUT2D eigenvalue weighted by molar-refractivity contribution is 6.05. The van der Waals surface area contributed by atoms with E-state index in [0.717, 1.165) is 5.69 Å². The van der Waals surface area contributed by atoms with Gasteiger partial charge in [-0.1, -0.05) is 18.2 Å². The Labute approximate surface area is 161 Å². The standard InChI is InChI=1S/C20H19N5O3/c1-13(26)21-14-6-5-7-15(12-14)22-18-10-11-19(25-24-18)23-20(27)16-8-3-4-9-17(16)28-2/h3-12H,1-2H3,(H,21,26)(H,22,24)(H,23,25,27). The Hall–Kier alpha value is -3.94. The van der Waals surface area contributed by atoms with Crippen LogP contribution in [-0.2, 0) is 4.79 Å². The average Bonchev–Trinajstić information content (AvgIpc) is 2.69. The second-order valence-electron chi connectivity index (χ2n) is 5.85. The Balaban J connectivity index is 1.67. The molecule has 0 saturated heterocycles. The largest absolute Gasteiger partial charge is 0.496 e. The zero-order valence-electron chi connectivity index (χ0n) is 15.4. The lowest BCUT2D eigenvalue weighted by molar-refractivity contribution is -0.114. The minimum Gasteiger partial charge on any atom is -0.496 e. The molecule has 2 aromatic carbocycles. The summed E-state index contributed by atoms with van der Waals surface area (Å²) in [5, 5.41) is 16.6. The number of benzene rings is 2. The molecule has 1 heterocycles. The van der Waals surface area contributed by atoms with Crippen molar-refractivity contribution in [3.8, 4) is 5.75 Å². The second kappa shape index (κ2) is 8.63. The van der Waals surface area contributed by atoms with Gasteiger partial charge >= 0.3 is 0 Å². The lowest BCUT2D eigenvalue weighted by atomic mass is 10.2. The van der Waals surface area contributed by atoms with Crippen LogP contribution in [0.15, 0.2) is 60.7 Å². The Morgan fingerprint density at radius 1 is 0.857 bits per heavy atom. The lowest BCUT2D eigenvalue weighted by Crippen LogP contribution is -2.14. The number of para-hydroxylation sites is 1. The number of anilines is 4. The molecule has 0 saturated carbocycles. The van der Waals surface area contributed by atoms with Crippen LogP contribution in [0.4, 0.5) is 23.0 Å². The summed E-state index contributed by atoms with van der Waals surface area (Å²) < 4.78 is 5.19. The molecule has 3 rings (SSSR count). The molecule has 0 aliphatic heterocycles. The number of methoxy groups -OCH3 is 1. The van der Waals surface area contributed by atoms with Crippen molar-refractivity contribution in [3.05, 3.63) is 66.2 Å². The van der Waals surface area contributed by atoms with E-state index in [1.165, 1.54) is 14.0 Å². The third-order valence-electron chi connectivity index (χ3n) is 3.71. The third-order valence-corrected chi connectivity index (χ3v) is 3.71. The molecule has 0 aliphatic rings. The summed E-state index contributed by atoms with van der Waals surface area (Å²) in [6.45, 7) is 1.45. The van der Waals surface area contributed by atoms with Crippen LogP contribution in [0.25, 0.3) is 0 Å². The third kappa shape index (κ3) is 4.82. The zero-order valence-corrected chi connectivity index (χ0v) is 15.4. The summed E-state index contributed by atoms with van der Waals surface area (Å²) >= 11 is 0. The van der Waals surface area contributed by atoms with E-state index in [9.17, 15) is 9.59 Å². The topological polar surface area (TPSA) is 105 Å². The van der Waals surface area contributed by atoms with Gasteiger partial charge in [-0.05, 0) is 42.5 Å². The number of ether oxygens (including phenoxy) is 1. The number of amides is 2. The monoisotopic (exact) mass is 377 g/mol. The van der Waals surface area contributed by atoms with E-state index >= 15 is 0 Å². The summed E-state index contributed by atoms with van der Waals surface area (Å²) in [7, 11) is 1.51. The molecule has 0 bridgehead atoms. The molecule has 0 unspecified atom stereocenters. The van der Waals surface area contributed by atoms with E-state index in [1.54, 1.807) is 48.5 Å². The summed E-state index contributed by atoms with van der Waals surface area (Å²) in [6.07, 6.45) is 0. The van der Waals surface area contributed by atoms with Crippen LogP contribution in [0.2, 0.25) is 0 Å². The normalized spacial score (nSPS) is 10.1. The van der Waals surface area contributed by atoms with Gasteiger partial charge in [0.1, 0.15) is 5.75 Å². The van der Waals surface area contributed by atoms with Crippen molar-refractivity contribution in [2.45, 2.75) is 6.92 Å². The Kier molecular flexibility index (Phi) is 5.81. The first kappa shape index (κ1) is 18.8. The van der Waals surface area contributed by atoms with Gasteiger partial charge in [-0.2, -0.15) is 0 Å². The maximum Gasteiger partial charge on any atom is 0.260 e. The van der Waals surface area contributed by atoms with E-state index in [2.05, 4.69) is 26.1 Å². The smallest absolute Gasteiger partial charge is 0.260 e. The number of hydrogen-bond acceptors (Lipinski definition) is 6. The SMILES string of the molecule is COc1ccccc1C(=O)Nc1ccc(Nc2cccc(NC(C)=O)c2)nn1. The van der Waals surface area contributed by atoms with Crippen molar-refractivity contribution in [1.82, 2.24) is 10.2 Å². The van der Waals surface area contributed by atoms with Crippen molar-refractivity contribution in [2.24, 2.45) is 0 Å². The Morgan fingerprint density at radius 2 is 1.57 bits per heavy atom. The minimum atomic E-state index is -0.338. The van der Waals surface area contributed by atoms with Crippen molar-refractivity contribution in [2.75, 3.05) is 23.1 Å². The molecule has 8 nitrogen and oxygen atoms in total. The van der Waals surface area contributed by atoms with Gasteiger partial charge in [-0.15, -0.1) is 10.2 Å². The maximum atomic E-state index is 12.4. The van der Waals surface area contributed by atoms with Crippen LogP contribution in [0.3, 0.4) is 0 Å². The quantitative estimate of drug-likeness (QED) is 0.608. The molecule has 0 aliphatic carbocycles. The summed E-state index contributed by atoms with van der Waals surface area (Å²) in [4.78, 5) is 23.5.